The van der Waals surface area contributed by atoms with E-state index in [0.29, 0.717) is 0 Å². The second kappa shape index (κ2) is 8.46. The second-order valence-electron chi connectivity index (χ2n) is 8.46. The summed E-state index contributed by atoms with van der Waals surface area (Å²) in [5.41, 5.74) is 5.76. The van der Waals surface area contributed by atoms with E-state index < -0.39 is 0 Å². The average Bonchev–Trinajstić information content (AvgIpc) is 3.33. The van der Waals surface area contributed by atoms with Gasteiger partial charge in [0, 0.05) is 48.5 Å². The summed E-state index contributed by atoms with van der Waals surface area (Å²) in [6.07, 6.45) is 8.75. The highest BCUT2D eigenvalue weighted by molar-refractivity contribution is 5.96. The summed E-state index contributed by atoms with van der Waals surface area (Å²) in [5, 5.41) is 3.13. The SMILES string of the molecule is Cc1cc(-c2ccc3c(n2)C(C(=O)Nc2ccnc(N4CCCC4)c2)CCC3)ccn1. The number of anilines is 2. The van der Waals surface area contributed by atoms with Crippen LogP contribution in [0.3, 0.4) is 0 Å². The van der Waals surface area contributed by atoms with Crippen molar-refractivity contribution in [3.63, 3.8) is 0 Å². The van der Waals surface area contributed by atoms with E-state index in [0.717, 1.165) is 66.5 Å². The molecule has 31 heavy (non-hydrogen) atoms. The maximum Gasteiger partial charge on any atom is 0.233 e. The zero-order valence-corrected chi connectivity index (χ0v) is 17.8. The Bertz CT molecular complexity index is 1110. The molecular formula is C25H27N5O. The molecule has 1 fully saturated rings. The third kappa shape index (κ3) is 4.15. The first-order valence-corrected chi connectivity index (χ1v) is 11.1. The summed E-state index contributed by atoms with van der Waals surface area (Å²) in [7, 11) is 0. The fourth-order valence-corrected chi connectivity index (χ4v) is 4.62. The first-order chi connectivity index (χ1) is 15.2. The molecule has 0 radical (unpaired) electrons. The number of carbonyl (C=O) groups is 1. The van der Waals surface area contributed by atoms with Gasteiger partial charge in [0.05, 0.1) is 17.3 Å². The lowest BCUT2D eigenvalue weighted by molar-refractivity contribution is -0.118. The molecule has 0 saturated carbocycles. The van der Waals surface area contributed by atoms with Crippen molar-refractivity contribution in [2.24, 2.45) is 0 Å². The molecule has 5 rings (SSSR count). The van der Waals surface area contributed by atoms with E-state index in [4.69, 9.17) is 4.98 Å². The fraction of sp³-hybridized carbons (Fsp3) is 0.360. The van der Waals surface area contributed by atoms with E-state index in [1.54, 1.807) is 12.4 Å². The molecule has 3 aromatic heterocycles. The van der Waals surface area contributed by atoms with Crippen molar-refractivity contribution in [3.05, 3.63) is 65.7 Å². The van der Waals surface area contributed by atoms with E-state index in [9.17, 15) is 4.79 Å². The van der Waals surface area contributed by atoms with Crippen LogP contribution >= 0.6 is 0 Å². The van der Waals surface area contributed by atoms with Crippen molar-refractivity contribution in [3.8, 4) is 11.3 Å². The van der Waals surface area contributed by atoms with Crippen LogP contribution in [0.25, 0.3) is 11.3 Å². The quantitative estimate of drug-likeness (QED) is 0.682. The van der Waals surface area contributed by atoms with Gasteiger partial charge >= 0.3 is 0 Å². The Labute approximate surface area is 182 Å². The van der Waals surface area contributed by atoms with Gasteiger partial charge in [-0.3, -0.25) is 14.8 Å². The smallest absolute Gasteiger partial charge is 0.233 e. The fourth-order valence-electron chi connectivity index (χ4n) is 4.62. The summed E-state index contributed by atoms with van der Waals surface area (Å²) in [4.78, 5) is 29.2. The molecular weight excluding hydrogens is 386 g/mol. The number of pyridine rings is 3. The molecule has 2 aliphatic rings. The largest absolute Gasteiger partial charge is 0.357 e. The van der Waals surface area contributed by atoms with Crippen molar-refractivity contribution >= 4 is 17.4 Å². The van der Waals surface area contributed by atoms with Crippen LogP contribution in [0.2, 0.25) is 0 Å². The van der Waals surface area contributed by atoms with Gasteiger partial charge in [-0.1, -0.05) is 6.07 Å². The molecule has 1 N–H and O–H groups in total. The lowest BCUT2D eigenvalue weighted by atomic mass is 9.85. The first-order valence-electron chi connectivity index (χ1n) is 11.1. The minimum atomic E-state index is -0.241. The molecule has 0 spiro atoms. The van der Waals surface area contributed by atoms with E-state index in [1.165, 1.54) is 18.4 Å². The highest BCUT2D eigenvalue weighted by Gasteiger charge is 2.28. The van der Waals surface area contributed by atoms with Gasteiger partial charge < -0.3 is 10.2 Å². The van der Waals surface area contributed by atoms with Crippen molar-refractivity contribution < 1.29 is 4.79 Å². The lowest BCUT2D eigenvalue weighted by Crippen LogP contribution is -2.26. The Morgan fingerprint density at radius 1 is 1.03 bits per heavy atom. The maximum absolute atomic E-state index is 13.3. The molecule has 4 heterocycles. The summed E-state index contributed by atoms with van der Waals surface area (Å²) in [5.74, 6) is 0.706. The van der Waals surface area contributed by atoms with Crippen LogP contribution in [0.1, 0.15) is 48.6 Å². The Morgan fingerprint density at radius 2 is 1.87 bits per heavy atom. The minimum absolute atomic E-state index is 0.00933. The van der Waals surface area contributed by atoms with E-state index in [1.807, 2.05) is 31.2 Å². The zero-order valence-electron chi connectivity index (χ0n) is 17.8. The number of hydrogen-bond donors (Lipinski definition) is 1. The summed E-state index contributed by atoms with van der Waals surface area (Å²) < 4.78 is 0. The van der Waals surface area contributed by atoms with E-state index in [2.05, 4.69) is 32.3 Å². The molecule has 1 atom stereocenters. The first kappa shape index (κ1) is 19.7. The molecule has 6 nitrogen and oxygen atoms in total. The Hall–Kier alpha value is -3.28. The summed E-state index contributed by atoms with van der Waals surface area (Å²) >= 11 is 0. The topological polar surface area (TPSA) is 71.0 Å². The molecule has 1 saturated heterocycles. The highest BCUT2D eigenvalue weighted by Crippen LogP contribution is 2.33. The number of rotatable bonds is 4. The van der Waals surface area contributed by atoms with Gasteiger partial charge in [-0.15, -0.1) is 0 Å². The third-order valence-electron chi connectivity index (χ3n) is 6.23. The number of fused-ring (bicyclic) bond motifs is 1. The van der Waals surface area contributed by atoms with Gasteiger partial charge in [-0.05, 0) is 68.9 Å². The van der Waals surface area contributed by atoms with Crippen molar-refractivity contribution in [2.45, 2.75) is 44.9 Å². The Morgan fingerprint density at radius 3 is 2.71 bits per heavy atom. The highest BCUT2D eigenvalue weighted by atomic mass is 16.1. The van der Waals surface area contributed by atoms with Crippen LogP contribution < -0.4 is 10.2 Å². The van der Waals surface area contributed by atoms with Gasteiger partial charge in [0.2, 0.25) is 5.91 Å². The van der Waals surface area contributed by atoms with Gasteiger partial charge in [-0.25, -0.2) is 4.98 Å². The standard InChI is InChI=1S/C25H27N5O/c1-17-15-19(9-11-26-17)22-8-7-18-5-4-6-21(24(18)29-22)25(31)28-20-10-12-27-23(16-20)30-13-2-3-14-30/h7-12,15-16,21H,2-6,13-14H2,1H3,(H,27,28,31). The molecule has 1 aliphatic heterocycles. The predicted molar refractivity (Wildman–Crippen MR) is 122 cm³/mol. The molecule has 1 unspecified atom stereocenters. The van der Waals surface area contributed by atoms with Crippen LogP contribution in [-0.4, -0.2) is 33.9 Å². The van der Waals surface area contributed by atoms with E-state index >= 15 is 0 Å². The molecule has 1 amide bonds. The van der Waals surface area contributed by atoms with Crippen molar-refractivity contribution in [1.29, 1.82) is 0 Å². The number of aromatic nitrogens is 3. The molecule has 6 heteroatoms. The molecule has 3 aromatic rings. The number of aryl methyl sites for hydroxylation is 2. The monoisotopic (exact) mass is 413 g/mol. The van der Waals surface area contributed by atoms with Crippen LogP contribution in [0.15, 0.2) is 48.8 Å². The van der Waals surface area contributed by atoms with Gasteiger partial charge in [0.1, 0.15) is 5.82 Å². The lowest BCUT2D eigenvalue weighted by Gasteiger charge is -2.24. The zero-order chi connectivity index (χ0) is 21.2. The van der Waals surface area contributed by atoms with Crippen LogP contribution in [-0.2, 0) is 11.2 Å². The molecule has 158 valence electrons. The normalized spacial score (nSPS) is 18.0. The number of nitrogens with one attached hydrogen (secondary N) is 1. The Kier molecular flexibility index (Phi) is 5.37. The molecule has 0 aromatic carbocycles. The summed E-state index contributed by atoms with van der Waals surface area (Å²) in [6.45, 7) is 4.03. The van der Waals surface area contributed by atoms with E-state index in [-0.39, 0.29) is 11.8 Å². The molecule has 0 bridgehead atoms. The van der Waals surface area contributed by atoms with Crippen molar-refractivity contribution in [1.82, 2.24) is 15.0 Å². The summed E-state index contributed by atoms with van der Waals surface area (Å²) in [6, 6.07) is 12.0. The average molecular weight is 414 g/mol. The molecule has 1 aliphatic carbocycles. The number of hydrogen-bond acceptors (Lipinski definition) is 5. The van der Waals surface area contributed by atoms with Crippen molar-refractivity contribution in [2.75, 3.05) is 23.3 Å². The van der Waals surface area contributed by atoms with Crippen LogP contribution in [0.5, 0.6) is 0 Å². The minimum Gasteiger partial charge on any atom is -0.357 e. The van der Waals surface area contributed by atoms with Gasteiger partial charge in [0.25, 0.3) is 0 Å². The maximum atomic E-state index is 13.3. The van der Waals surface area contributed by atoms with Gasteiger partial charge in [0.15, 0.2) is 0 Å². The van der Waals surface area contributed by atoms with Crippen LogP contribution in [0, 0.1) is 6.92 Å². The predicted octanol–water partition coefficient (Wildman–Crippen LogP) is 4.51. The Balaban J connectivity index is 1.40. The number of carbonyl (C=O) groups excluding carboxylic acids is 1. The number of amides is 1. The second-order valence-corrected chi connectivity index (χ2v) is 8.46. The third-order valence-corrected chi connectivity index (χ3v) is 6.23. The van der Waals surface area contributed by atoms with Gasteiger partial charge in [-0.2, -0.15) is 0 Å². The number of nitrogens with zero attached hydrogens (tertiary/aromatic N) is 4. The van der Waals surface area contributed by atoms with Crippen LogP contribution in [0.4, 0.5) is 11.5 Å².